The highest BCUT2D eigenvalue weighted by Gasteiger charge is 2.44. The van der Waals surface area contributed by atoms with Crippen molar-refractivity contribution in [1.29, 1.82) is 0 Å². The Balaban J connectivity index is 1.18. The Hall–Kier alpha value is -2.95. The van der Waals surface area contributed by atoms with E-state index in [2.05, 4.69) is 53.5 Å². The van der Waals surface area contributed by atoms with Gasteiger partial charge in [0, 0.05) is 66.9 Å². The minimum absolute atomic E-state index is 0.0431. The van der Waals surface area contributed by atoms with E-state index in [9.17, 15) is 9.59 Å². The molecule has 0 bridgehead atoms. The standard InChI is InChI=1S/C37H46BrClN6O3/c38-28-21-27-12-11-26-22-29(39)13-14-32(26)35(34(27)41-23-28)43-19-20-45(37(47)48-31-9-2-1-3-10-31)33(24-43)36(46)44-17-5-4-7-30(44)8-6-16-42-18-15-40-25-42/h13-15,18,21-23,25,30-31,33,35H,1-12,16-17,19-20,24H2/t30?,33-,35+/m1/s1. The molecule has 3 fully saturated rings. The Kier molecular flexibility index (Phi) is 10.7. The molecule has 2 aliphatic carbocycles. The van der Waals surface area contributed by atoms with Gasteiger partial charge in [-0.25, -0.2) is 9.78 Å². The molecule has 4 heterocycles. The normalized spacial score (nSPS) is 23.7. The van der Waals surface area contributed by atoms with Crippen LogP contribution < -0.4 is 0 Å². The Morgan fingerprint density at radius 1 is 0.958 bits per heavy atom. The van der Waals surface area contributed by atoms with E-state index >= 15 is 0 Å². The number of ether oxygens (including phenoxy) is 1. The maximum Gasteiger partial charge on any atom is 0.410 e. The third kappa shape index (κ3) is 7.45. The number of aromatic nitrogens is 3. The zero-order chi connectivity index (χ0) is 33.0. The quantitative estimate of drug-likeness (QED) is 0.255. The first-order chi connectivity index (χ1) is 23.4. The molecule has 9 nitrogen and oxygen atoms in total. The number of likely N-dealkylation sites (tertiary alicyclic amines) is 1. The number of fused-ring (bicyclic) bond motifs is 2. The molecule has 1 saturated carbocycles. The van der Waals surface area contributed by atoms with Crippen molar-refractivity contribution in [3.05, 3.63) is 81.1 Å². The van der Waals surface area contributed by atoms with Crippen LogP contribution in [0.1, 0.15) is 92.6 Å². The van der Waals surface area contributed by atoms with Gasteiger partial charge < -0.3 is 14.2 Å². The lowest BCUT2D eigenvalue weighted by Gasteiger charge is -2.46. The van der Waals surface area contributed by atoms with Crippen LogP contribution in [0.25, 0.3) is 0 Å². The van der Waals surface area contributed by atoms with Crippen LogP contribution in [0.2, 0.25) is 5.02 Å². The van der Waals surface area contributed by atoms with E-state index in [1.807, 2.05) is 24.8 Å². The van der Waals surface area contributed by atoms with Crippen molar-refractivity contribution in [3.8, 4) is 0 Å². The fourth-order valence-corrected chi connectivity index (χ4v) is 8.93. The van der Waals surface area contributed by atoms with Crippen molar-refractivity contribution < 1.29 is 14.3 Å². The molecule has 2 amide bonds. The van der Waals surface area contributed by atoms with E-state index in [4.69, 9.17) is 21.3 Å². The predicted octanol–water partition coefficient (Wildman–Crippen LogP) is 7.20. The van der Waals surface area contributed by atoms with Gasteiger partial charge in [0.25, 0.3) is 0 Å². The lowest BCUT2D eigenvalue weighted by molar-refractivity contribution is -0.143. The summed E-state index contributed by atoms with van der Waals surface area (Å²) in [5.74, 6) is 0.0431. The molecule has 11 heteroatoms. The number of hydrogen-bond acceptors (Lipinski definition) is 6. The van der Waals surface area contributed by atoms with Crippen LogP contribution in [0.4, 0.5) is 4.79 Å². The molecule has 1 unspecified atom stereocenters. The van der Waals surface area contributed by atoms with Crippen LogP contribution in [0.3, 0.4) is 0 Å². The van der Waals surface area contributed by atoms with Crippen molar-refractivity contribution in [2.24, 2.45) is 0 Å². The van der Waals surface area contributed by atoms with Gasteiger partial charge in [0.1, 0.15) is 12.1 Å². The summed E-state index contributed by atoms with van der Waals surface area (Å²) in [5.41, 5.74) is 4.59. The van der Waals surface area contributed by atoms with Gasteiger partial charge in [-0.15, -0.1) is 0 Å². The predicted molar refractivity (Wildman–Crippen MR) is 189 cm³/mol. The topological polar surface area (TPSA) is 83.8 Å². The third-order valence-corrected chi connectivity index (χ3v) is 11.5. The van der Waals surface area contributed by atoms with Crippen LogP contribution in [0, 0.1) is 0 Å². The summed E-state index contributed by atoms with van der Waals surface area (Å²) in [6.45, 7) is 3.05. The molecule has 1 aromatic carbocycles. The fourth-order valence-electron chi connectivity index (χ4n) is 8.35. The molecule has 2 aliphatic heterocycles. The van der Waals surface area contributed by atoms with Gasteiger partial charge >= 0.3 is 6.09 Å². The van der Waals surface area contributed by atoms with Gasteiger partial charge in [0.15, 0.2) is 0 Å². The molecule has 0 radical (unpaired) electrons. The smallest absolute Gasteiger partial charge is 0.410 e. The maximum absolute atomic E-state index is 14.8. The average molecular weight is 738 g/mol. The first kappa shape index (κ1) is 33.5. The molecular formula is C37H46BrClN6O3. The van der Waals surface area contributed by atoms with Crippen LogP contribution in [-0.2, 0) is 28.9 Å². The molecule has 0 N–H and O–H groups in total. The van der Waals surface area contributed by atoms with E-state index in [0.29, 0.717) is 19.6 Å². The summed E-state index contributed by atoms with van der Waals surface area (Å²) in [6.07, 6.45) is 18.9. The summed E-state index contributed by atoms with van der Waals surface area (Å²) < 4.78 is 9.18. The number of aryl methyl sites for hydroxylation is 3. The van der Waals surface area contributed by atoms with Gasteiger partial charge in [-0.2, -0.15) is 0 Å². The van der Waals surface area contributed by atoms with Crippen molar-refractivity contribution in [1.82, 2.24) is 29.2 Å². The lowest BCUT2D eigenvalue weighted by atomic mass is 9.94. The summed E-state index contributed by atoms with van der Waals surface area (Å²) in [7, 11) is 0. The Morgan fingerprint density at radius 3 is 2.62 bits per heavy atom. The second-order valence-electron chi connectivity index (χ2n) is 13.9. The number of piperazine rings is 1. The number of rotatable bonds is 7. The summed E-state index contributed by atoms with van der Waals surface area (Å²) in [6, 6.07) is 7.70. The number of hydrogen-bond donors (Lipinski definition) is 0. The van der Waals surface area contributed by atoms with Crippen molar-refractivity contribution >= 4 is 39.5 Å². The molecule has 48 heavy (non-hydrogen) atoms. The number of carbonyl (C=O) groups is 2. The highest BCUT2D eigenvalue weighted by Crippen LogP contribution is 2.39. The number of benzene rings is 1. The third-order valence-electron chi connectivity index (χ3n) is 10.8. The van der Waals surface area contributed by atoms with Gasteiger partial charge in [-0.05, 0) is 121 Å². The van der Waals surface area contributed by atoms with Crippen LogP contribution in [0.5, 0.6) is 0 Å². The average Bonchev–Trinajstić information content (AvgIpc) is 3.57. The summed E-state index contributed by atoms with van der Waals surface area (Å²) >= 11 is 10.2. The minimum Gasteiger partial charge on any atom is -0.446 e. The SMILES string of the molecule is O=C([C@H]1CN([C@H]2c3ccc(Cl)cc3CCc3cc(Br)cnc32)CCN1C(=O)OC1CCCCC1)N1CCCCC1CCCn1ccnc1. The number of piperidine rings is 1. The first-order valence-corrected chi connectivity index (χ1v) is 19.0. The fraction of sp³-hybridized carbons (Fsp3) is 0.568. The molecule has 3 aromatic rings. The molecule has 4 aliphatic rings. The van der Waals surface area contributed by atoms with E-state index in [1.165, 1.54) is 23.1 Å². The van der Waals surface area contributed by atoms with E-state index in [1.54, 1.807) is 11.1 Å². The van der Waals surface area contributed by atoms with E-state index < -0.39 is 6.04 Å². The Morgan fingerprint density at radius 2 is 1.79 bits per heavy atom. The van der Waals surface area contributed by atoms with Gasteiger partial charge in [-0.1, -0.05) is 24.1 Å². The van der Waals surface area contributed by atoms with E-state index in [0.717, 1.165) is 98.9 Å². The van der Waals surface area contributed by atoms with Crippen LogP contribution in [0.15, 0.2) is 53.7 Å². The zero-order valence-electron chi connectivity index (χ0n) is 27.6. The van der Waals surface area contributed by atoms with Gasteiger partial charge in [0.05, 0.1) is 18.1 Å². The van der Waals surface area contributed by atoms with Crippen molar-refractivity contribution in [3.63, 3.8) is 0 Å². The second-order valence-corrected chi connectivity index (χ2v) is 15.3. The molecule has 2 saturated heterocycles. The van der Waals surface area contributed by atoms with Crippen LogP contribution in [-0.4, -0.2) is 85.6 Å². The zero-order valence-corrected chi connectivity index (χ0v) is 30.0. The largest absolute Gasteiger partial charge is 0.446 e. The molecule has 3 atom stereocenters. The van der Waals surface area contributed by atoms with Crippen molar-refractivity contribution in [2.45, 2.75) is 108 Å². The molecule has 7 rings (SSSR count). The Labute approximate surface area is 297 Å². The number of nitrogens with zero attached hydrogens (tertiary/aromatic N) is 6. The van der Waals surface area contributed by atoms with Gasteiger partial charge in [-0.3, -0.25) is 19.6 Å². The minimum atomic E-state index is -0.637. The number of amides is 2. The number of pyridine rings is 1. The number of imidazole rings is 1. The van der Waals surface area contributed by atoms with Gasteiger partial charge in [0.2, 0.25) is 5.91 Å². The van der Waals surface area contributed by atoms with Crippen molar-refractivity contribution in [2.75, 3.05) is 26.2 Å². The highest BCUT2D eigenvalue weighted by molar-refractivity contribution is 9.10. The summed E-state index contributed by atoms with van der Waals surface area (Å²) in [5, 5.41) is 0.722. The molecule has 256 valence electrons. The number of halogens is 2. The highest BCUT2D eigenvalue weighted by atomic mass is 79.9. The molecule has 2 aromatic heterocycles. The summed E-state index contributed by atoms with van der Waals surface area (Å²) in [4.78, 5) is 44.2. The Bertz CT molecular complexity index is 1530. The molecule has 0 spiro atoms. The monoisotopic (exact) mass is 736 g/mol. The number of carbonyl (C=O) groups excluding carboxylic acids is 2. The first-order valence-electron chi connectivity index (χ1n) is 17.8. The van der Waals surface area contributed by atoms with E-state index in [-0.39, 0.29) is 30.2 Å². The maximum atomic E-state index is 14.8. The second kappa shape index (κ2) is 15.3. The molecular weight excluding hydrogens is 692 g/mol. The van der Waals surface area contributed by atoms with Crippen LogP contribution >= 0.6 is 27.5 Å². The lowest BCUT2D eigenvalue weighted by Crippen LogP contribution is -2.63.